The van der Waals surface area contributed by atoms with Crippen molar-refractivity contribution in [1.29, 1.82) is 0 Å². The van der Waals surface area contributed by atoms with E-state index in [1.165, 1.54) is 11.1 Å². The SMILES string of the molecule is CC(C)c1c(CCN2CCNCC2)ccc2c1OCO2. The van der Waals surface area contributed by atoms with Crippen LogP contribution in [0.15, 0.2) is 12.1 Å². The number of benzene rings is 1. The third kappa shape index (κ3) is 2.76. The van der Waals surface area contributed by atoms with E-state index >= 15 is 0 Å². The molecule has 0 spiro atoms. The molecule has 0 atom stereocenters. The molecule has 0 aliphatic carbocycles. The molecule has 0 unspecified atom stereocenters. The molecule has 20 heavy (non-hydrogen) atoms. The van der Waals surface area contributed by atoms with Crippen molar-refractivity contribution in [2.45, 2.75) is 26.2 Å². The first-order valence-electron chi connectivity index (χ1n) is 7.60. The average molecular weight is 276 g/mol. The summed E-state index contributed by atoms with van der Waals surface area (Å²) in [6, 6.07) is 4.27. The maximum Gasteiger partial charge on any atom is 0.231 e. The maximum atomic E-state index is 5.68. The Morgan fingerprint density at radius 3 is 2.75 bits per heavy atom. The normalized spacial score (nSPS) is 18.8. The van der Waals surface area contributed by atoms with Gasteiger partial charge in [0.15, 0.2) is 11.5 Å². The molecule has 0 radical (unpaired) electrons. The van der Waals surface area contributed by atoms with Gasteiger partial charge in [0.25, 0.3) is 0 Å². The highest BCUT2D eigenvalue weighted by Crippen LogP contribution is 2.41. The molecular formula is C16H24N2O2. The van der Waals surface area contributed by atoms with Crippen LogP contribution in [0.4, 0.5) is 0 Å². The third-order valence-electron chi connectivity index (χ3n) is 4.15. The Morgan fingerprint density at radius 2 is 2.00 bits per heavy atom. The number of ether oxygens (including phenoxy) is 2. The smallest absolute Gasteiger partial charge is 0.231 e. The molecule has 0 amide bonds. The van der Waals surface area contributed by atoms with E-state index in [-0.39, 0.29) is 0 Å². The highest BCUT2D eigenvalue weighted by atomic mass is 16.7. The molecule has 2 aliphatic heterocycles. The van der Waals surface area contributed by atoms with Crippen molar-refractivity contribution in [3.63, 3.8) is 0 Å². The van der Waals surface area contributed by atoms with Crippen LogP contribution in [0.1, 0.15) is 30.9 Å². The topological polar surface area (TPSA) is 33.7 Å². The maximum absolute atomic E-state index is 5.68. The summed E-state index contributed by atoms with van der Waals surface area (Å²) in [6.07, 6.45) is 1.09. The van der Waals surface area contributed by atoms with Crippen LogP contribution < -0.4 is 14.8 Å². The van der Waals surface area contributed by atoms with E-state index in [0.29, 0.717) is 12.7 Å². The summed E-state index contributed by atoms with van der Waals surface area (Å²) in [7, 11) is 0. The number of nitrogens with one attached hydrogen (secondary N) is 1. The molecule has 1 saturated heterocycles. The van der Waals surface area contributed by atoms with Crippen molar-refractivity contribution in [3.05, 3.63) is 23.3 Å². The number of nitrogens with zero attached hydrogens (tertiary/aromatic N) is 1. The van der Waals surface area contributed by atoms with Crippen molar-refractivity contribution >= 4 is 0 Å². The summed E-state index contributed by atoms with van der Waals surface area (Å²) in [6.45, 7) is 10.5. The monoisotopic (exact) mass is 276 g/mol. The molecule has 4 heteroatoms. The molecule has 4 nitrogen and oxygen atoms in total. The number of hydrogen-bond donors (Lipinski definition) is 1. The van der Waals surface area contributed by atoms with Gasteiger partial charge in [-0.2, -0.15) is 0 Å². The van der Waals surface area contributed by atoms with Gasteiger partial charge in [-0.05, 0) is 24.0 Å². The van der Waals surface area contributed by atoms with Crippen molar-refractivity contribution in [3.8, 4) is 11.5 Å². The van der Waals surface area contributed by atoms with Gasteiger partial charge in [0.2, 0.25) is 6.79 Å². The predicted octanol–water partition coefficient (Wildman–Crippen LogP) is 1.99. The lowest BCUT2D eigenvalue weighted by Crippen LogP contribution is -2.44. The first kappa shape index (κ1) is 13.7. The first-order chi connectivity index (χ1) is 9.75. The fraction of sp³-hybridized carbons (Fsp3) is 0.625. The molecule has 0 saturated carbocycles. The quantitative estimate of drug-likeness (QED) is 0.912. The van der Waals surface area contributed by atoms with Gasteiger partial charge in [0.05, 0.1) is 0 Å². The Kier molecular flexibility index (Phi) is 4.13. The second-order valence-electron chi connectivity index (χ2n) is 5.87. The van der Waals surface area contributed by atoms with E-state index in [0.717, 1.165) is 50.6 Å². The number of hydrogen-bond acceptors (Lipinski definition) is 4. The van der Waals surface area contributed by atoms with Gasteiger partial charge in [-0.25, -0.2) is 0 Å². The lowest BCUT2D eigenvalue weighted by molar-refractivity contribution is 0.173. The lowest BCUT2D eigenvalue weighted by Gasteiger charge is -2.27. The minimum absolute atomic E-state index is 0.357. The van der Waals surface area contributed by atoms with Crippen LogP contribution in [0.5, 0.6) is 11.5 Å². The second-order valence-corrected chi connectivity index (χ2v) is 5.87. The van der Waals surface area contributed by atoms with E-state index < -0.39 is 0 Å². The highest BCUT2D eigenvalue weighted by Gasteiger charge is 2.23. The Bertz CT molecular complexity index is 468. The molecule has 2 aliphatic rings. The summed E-state index contributed by atoms with van der Waals surface area (Å²) in [5.41, 5.74) is 2.73. The molecule has 0 aromatic heterocycles. The summed E-state index contributed by atoms with van der Waals surface area (Å²) in [4.78, 5) is 2.53. The molecule has 1 N–H and O–H groups in total. The molecule has 0 bridgehead atoms. The predicted molar refractivity (Wildman–Crippen MR) is 79.7 cm³/mol. The summed E-state index contributed by atoms with van der Waals surface area (Å²) in [5, 5.41) is 3.40. The molecule has 1 fully saturated rings. The van der Waals surface area contributed by atoms with Crippen molar-refractivity contribution in [2.75, 3.05) is 39.5 Å². The standard InChI is InChI=1S/C16H24N2O2/c1-12(2)15-13(3-4-14-16(15)20-11-19-14)5-8-18-9-6-17-7-10-18/h3-4,12,17H,5-11H2,1-2H3. The van der Waals surface area contributed by atoms with Crippen LogP contribution in [-0.4, -0.2) is 44.4 Å². The zero-order chi connectivity index (χ0) is 13.9. The molecular weight excluding hydrogens is 252 g/mol. The lowest BCUT2D eigenvalue weighted by atomic mass is 9.93. The van der Waals surface area contributed by atoms with Crippen LogP contribution in [0.25, 0.3) is 0 Å². The molecule has 1 aromatic rings. The van der Waals surface area contributed by atoms with Gasteiger partial charge in [-0.1, -0.05) is 19.9 Å². The van der Waals surface area contributed by atoms with Gasteiger partial charge in [0, 0.05) is 38.3 Å². The summed E-state index contributed by atoms with van der Waals surface area (Å²) < 4.78 is 11.2. The van der Waals surface area contributed by atoms with E-state index in [9.17, 15) is 0 Å². The first-order valence-corrected chi connectivity index (χ1v) is 7.60. The van der Waals surface area contributed by atoms with Gasteiger partial charge >= 0.3 is 0 Å². The second kappa shape index (κ2) is 6.02. The minimum atomic E-state index is 0.357. The van der Waals surface area contributed by atoms with Crippen LogP contribution in [-0.2, 0) is 6.42 Å². The van der Waals surface area contributed by atoms with E-state index in [4.69, 9.17) is 9.47 Å². The van der Waals surface area contributed by atoms with Gasteiger partial charge in [-0.3, -0.25) is 0 Å². The average Bonchev–Trinajstić information content (AvgIpc) is 2.93. The van der Waals surface area contributed by atoms with Crippen molar-refractivity contribution in [1.82, 2.24) is 10.2 Å². The highest BCUT2D eigenvalue weighted by molar-refractivity contribution is 5.53. The number of piperazine rings is 1. The van der Waals surface area contributed by atoms with Crippen LogP contribution in [0.3, 0.4) is 0 Å². The summed E-state index contributed by atoms with van der Waals surface area (Å²) in [5.74, 6) is 2.34. The van der Waals surface area contributed by atoms with E-state index in [2.05, 4.69) is 36.2 Å². The van der Waals surface area contributed by atoms with Crippen LogP contribution in [0, 0.1) is 0 Å². The Hall–Kier alpha value is -1.26. The zero-order valence-electron chi connectivity index (χ0n) is 12.4. The fourth-order valence-electron chi connectivity index (χ4n) is 3.10. The van der Waals surface area contributed by atoms with E-state index in [1.807, 2.05) is 0 Å². The van der Waals surface area contributed by atoms with Gasteiger partial charge in [0.1, 0.15) is 0 Å². The Labute approximate surface area is 121 Å². The largest absolute Gasteiger partial charge is 0.454 e. The molecule has 1 aromatic carbocycles. The molecule has 2 heterocycles. The van der Waals surface area contributed by atoms with E-state index in [1.54, 1.807) is 0 Å². The van der Waals surface area contributed by atoms with Crippen LogP contribution >= 0.6 is 0 Å². The molecule has 3 rings (SSSR count). The van der Waals surface area contributed by atoms with Gasteiger partial charge in [-0.15, -0.1) is 0 Å². The van der Waals surface area contributed by atoms with Crippen molar-refractivity contribution in [2.24, 2.45) is 0 Å². The minimum Gasteiger partial charge on any atom is -0.454 e. The fourth-order valence-corrected chi connectivity index (χ4v) is 3.10. The van der Waals surface area contributed by atoms with Crippen LogP contribution in [0.2, 0.25) is 0 Å². The van der Waals surface area contributed by atoms with Crippen molar-refractivity contribution < 1.29 is 9.47 Å². The Morgan fingerprint density at radius 1 is 1.20 bits per heavy atom. The number of fused-ring (bicyclic) bond motifs is 1. The zero-order valence-corrected chi connectivity index (χ0v) is 12.4. The third-order valence-corrected chi connectivity index (χ3v) is 4.15. The summed E-state index contributed by atoms with van der Waals surface area (Å²) >= 11 is 0. The number of rotatable bonds is 4. The Balaban J connectivity index is 1.75. The molecule has 110 valence electrons. The van der Waals surface area contributed by atoms with Gasteiger partial charge < -0.3 is 19.7 Å².